The summed E-state index contributed by atoms with van der Waals surface area (Å²) in [6, 6.07) is 18.1. The molecule has 3 aromatic rings. The van der Waals surface area contributed by atoms with Crippen molar-refractivity contribution in [3.8, 4) is 0 Å². The molecule has 6 nitrogen and oxygen atoms in total. The highest BCUT2D eigenvalue weighted by Gasteiger charge is 2.17. The summed E-state index contributed by atoms with van der Waals surface area (Å²) in [5.41, 5.74) is 1.70. The number of aryl methyl sites for hydroxylation is 1. The first-order valence-corrected chi connectivity index (χ1v) is 11.5. The molecule has 3 aromatic carbocycles. The van der Waals surface area contributed by atoms with Crippen molar-refractivity contribution < 1.29 is 16.8 Å². The first-order valence-electron chi connectivity index (χ1n) is 8.14. The lowest BCUT2D eigenvalue weighted by atomic mass is 10.2. The smallest absolute Gasteiger partial charge is 0.261 e. The number of halogens is 1. The molecule has 0 heterocycles. The number of rotatable bonds is 6. The lowest BCUT2D eigenvalue weighted by Gasteiger charge is -2.11. The zero-order chi connectivity index (χ0) is 20.4. The number of hydrogen-bond donors (Lipinski definition) is 2. The number of benzene rings is 3. The Kier molecular flexibility index (Phi) is 5.64. The molecule has 0 aromatic heterocycles. The van der Waals surface area contributed by atoms with Gasteiger partial charge in [0.1, 0.15) is 0 Å². The summed E-state index contributed by atoms with van der Waals surface area (Å²) in [6.07, 6.45) is 0. The van der Waals surface area contributed by atoms with Gasteiger partial charge in [-0.15, -0.1) is 0 Å². The standard InChI is InChI=1S/C19H17ClN2O4S2/c1-14-2-6-16(7-3-14)21-28(25,26)19-12-8-17(9-13-19)22-27(23,24)18-10-4-15(20)5-11-18/h2-13,21-22H,1H3. The Labute approximate surface area is 169 Å². The van der Waals surface area contributed by atoms with E-state index in [1.54, 1.807) is 24.3 Å². The van der Waals surface area contributed by atoms with E-state index in [1.807, 2.05) is 6.92 Å². The second-order valence-corrected chi connectivity index (χ2v) is 9.86. The minimum atomic E-state index is -3.80. The largest absolute Gasteiger partial charge is 0.280 e. The lowest BCUT2D eigenvalue weighted by molar-refractivity contribution is 0.600. The van der Waals surface area contributed by atoms with Gasteiger partial charge in [0.2, 0.25) is 0 Å². The zero-order valence-corrected chi connectivity index (χ0v) is 17.1. The number of sulfonamides is 2. The SMILES string of the molecule is Cc1ccc(NS(=O)(=O)c2ccc(NS(=O)(=O)c3ccc(Cl)cc3)cc2)cc1. The maximum absolute atomic E-state index is 12.5. The Bertz CT molecular complexity index is 1170. The van der Waals surface area contributed by atoms with Crippen LogP contribution in [0.3, 0.4) is 0 Å². The average Bonchev–Trinajstić information content (AvgIpc) is 2.64. The quantitative estimate of drug-likeness (QED) is 0.604. The molecule has 0 saturated heterocycles. The predicted octanol–water partition coefficient (Wildman–Crippen LogP) is 4.25. The molecule has 9 heteroatoms. The van der Waals surface area contributed by atoms with Crippen molar-refractivity contribution in [2.75, 3.05) is 9.44 Å². The molecular weight excluding hydrogens is 420 g/mol. The third kappa shape index (κ3) is 4.83. The molecule has 0 amide bonds. The van der Waals surface area contributed by atoms with E-state index < -0.39 is 20.0 Å². The summed E-state index contributed by atoms with van der Waals surface area (Å²) in [7, 11) is -7.59. The molecular formula is C19H17ClN2O4S2. The van der Waals surface area contributed by atoms with Crippen molar-refractivity contribution >= 4 is 43.0 Å². The topological polar surface area (TPSA) is 92.3 Å². The van der Waals surface area contributed by atoms with Crippen LogP contribution in [0, 0.1) is 6.92 Å². The van der Waals surface area contributed by atoms with Gasteiger partial charge in [-0.3, -0.25) is 9.44 Å². The Balaban J connectivity index is 1.77. The van der Waals surface area contributed by atoms with E-state index in [0.29, 0.717) is 10.7 Å². The van der Waals surface area contributed by atoms with E-state index in [0.717, 1.165) is 5.56 Å². The van der Waals surface area contributed by atoms with Crippen molar-refractivity contribution in [3.63, 3.8) is 0 Å². The number of nitrogens with one attached hydrogen (secondary N) is 2. The van der Waals surface area contributed by atoms with Crippen LogP contribution in [0.1, 0.15) is 5.56 Å². The van der Waals surface area contributed by atoms with Gasteiger partial charge in [-0.05, 0) is 67.6 Å². The lowest BCUT2D eigenvalue weighted by Crippen LogP contribution is -2.14. The van der Waals surface area contributed by atoms with Crippen LogP contribution >= 0.6 is 11.6 Å². The van der Waals surface area contributed by atoms with E-state index >= 15 is 0 Å². The van der Waals surface area contributed by atoms with Gasteiger partial charge >= 0.3 is 0 Å². The molecule has 146 valence electrons. The van der Waals surface area contributed by atoms with Crippen molar-refractivity contribution in [3.05, 3.63) is 83.4 Å². The summed E-state index contributed by atoms with van der Waals surface area (Å²) in [4.78, 5) is 0.0668. The van der Waals surface area contributed by atoms with Gasteiger partial charge in [-0.1, -0.05) is 29.3 Å². The summed E-state index contributed by atoms with van der Waals surface area (Å²) < 4.78 is 54.6. The normalized spacial score (nSPS) is 11.8. The van der Waals surface area contributed by atoms with Gasteiger partial charge in [0.05, 0.1) is 9.79 Å². The molecule has 0 fully saturated rings. The monoisotopic (exact) mass is 436 g/mol. The molecule has 2 N–H and O–H groups in total. The van der Waals surface area contributed by atoms with Crippen LogP contribution in [0.5, 0.6) is 0 Å². The molecule has 3 rings (SSSR count). The van der Waals surface area contributed by atoms with Gasteiger partial charge in [0.15, 0.2) is 0 Å². The number of anilines is 2. The van der Waals surface area contributed by atoms with Crippen molar-refractivity contribution in [1.29, 1.82) is 0 Å². The van der Waals surface area contributed by atoms with Crippen molar-refractivity contribution in [1.82, 2.24) is 0 Å². The molecule has 0 aliphatic rings. The van der Waals surface area contributed by atoms with Crippen LogP contribution < -0.4 is 9.44 Å². The van der Waals surface area contributed by atoms with Gasteiger partial charge in [-0.25, -0.2) is 16.8 Å². The molecule has 28 heavy (non-hydrogen) atoms. The van der Waals surface area contributed by atoms with Gasteiger partial charge < -0.3 is 0 Å². The average molecular weight is 437 g/mol. The second-order valence-electron chi connectivity index (χ2n) is 6.06. The van der Waals surface area contributed by atoms with Crippen LogP contribution in [0.25, 0.3) is 0 Å². The fourth-order valence-electron chi connectivity index (χ4n) is 2.37. The first kappa shape index (κ1) is 20.2. The molecule has 0 atom stereocenters. The molecule has 0 unspecified atom stereocenters. The molecule has 0 saturated carbocycles. The Morgan fingerprint density at radius 2 is 0.964 bits per heavy atom. The summed E-state index contributed by atoms with van der Waals surface area (Å²) >= 11 is 5.77. The number of hydrogen-bond acceptors (Lipinski definition) is 4. The predicted molar refractivity (Wildman–Crippen MR) is 111 cm³/mol. The van der Waals surface area contributed by atoms with E-state index in [4.69, 9.17) is 11.6 Å². The van der Waals surface area contributed by atoms with Gasteiger partial charge in [-0.2, -0.15) is 0 Å². The van der Waals surface area contributed by atoms with E-state index in [2.05, 4.69) is 9.44 Å². The third-order valence-electron chi connectivity index (χ3n) is 3.84. The van der Waals surface area contributed by atoms with Gasteiger partial charge in [0, 0.05) is 16.4 Å². The zero-order valence-electron chi connectivity index (χ0n) is 14.8. The van der Waals surface area contributed by atoms with E-state index in [-0.39, 0.29) is 15.5 Å². The maximum atomic E-state index is 12.5. The molecule has 0 aliphatic heterocycles. The van der Waals surface area contributed by atoms with E-state index in [9.17, 15) is 16.8 Å². The van der Waals surface area contributed by atoms with Crippen LogP contribution in [0.2, 0.25) is 5.02 Å². The minimum absolute atomic E-state index is 0.0162. The van der Waals surface area contributed by atoms with Crippen LogP contribution in [0.4, 0.5) is 11.4 Å². The molecule has 0 aliphatic carbocycles. The van der Waals surface area contributed by atoms with Crippen LogP contribution in [-0.4, -0.2) is 16.8 Å². The maximum Gasteiger partial charge on any atom is 0.261 e. The van der Waals surface area contributed by atoms with Gasteiger partial charge in [0.25, 0.3) is 20.0 Å². The highest BCUT2D eigenvalue weighted by molar-refractivity contribution is 7.93. The third-order valence-corrected chi connectivity index (χ3v) is 6.89. The molecule has 0 spiro atoms. The van der Waals surface area contributed by atoms with Crippen molar-refractivity contribution in [2.24, 2.45) is 0 Å². The summed E-state index contributed by atoms with van der Waals surface area (Å²) in [5, 5.41) is 0.426. The van der Waals surface area contributed by atoms with Crippen LogP contribution in [0.15, 0.2) is 82.6 Å². The first-order chi connectivity index (χ1) is 13.2. The summed E-state index contributed by atoms with van der Waals surface area (Å²) in [5.74, 6) is 0. The fourth-order valence-corrected chi connectivity index (χ4v) is 4.61. The Hall–Kier alpha value is -2.55. The molecule has 0 radical (unpaired) electrons. The highest BCUT2D eigenvalue weighted by atomic mass is 35.5. The minimum Gasteiger partial charge on any atom is -0.280 e. The highest BCUT2D eigenvalue weighted by Crippen LogP contribution is 2.21. The Morgan fingerprint density at radius 3 is 1.39 bits per heavy atom. The Morgan fingerprint density at radius 1 is 0.607 bits per heavy atom. The summed E-state index contributed by atoms with van der Waals surface area (Å²) in [6.45, 7) is 1.90. The van der Waals surface area contributed by atoms with E-state index in [1.165, 1.54) is 48.5 Å². The van der Waals surface area contributed by atoms with Crippen LogP contribution in [-0.2, 0) is 20.0 Å². The second kappa shape index (κ2) is 7.83. The molecule has 0 bridgehead atoms. The fraction of sp³-hybridized carbons (Fsp3) is 0.0526. The van der Waals surface area contributed by atoms with Crippen molar-refractivity contribution in [2.45, 2.75) is 16.7 Å².